The van der Waals surface area contributed by atoms with Crippen LogP contribution in [0.2, 0.25) is 0 Å². The lowest BCUT2D eigenvalue weighted by Crippen LogP contribution is -2.20. The van der Waals surface area contributed by atoms with E-state index in [-0.39, 0.29) is 11.3 Å². The summed E-state index contributed by atoms with van der Waals surface area (Å²) >= 11 is 0. The van der Waals surface area contributed by atoms with Crippen molar-refractivity contribution in [2.24, 2.45) is 5.41 Å². The lowest BCUT2D eigenvalue weighted by atomic mass is 9.98. The van der Waals surface area contributed by atoms with Crippen LogP contribution in [0.1, 0.15) is 27.2 Å². The van der Waals surface area contributed by atoms with Crippen molar-refractivity contribution in [3.8, 4) is 11.8 Å². The molecule has 2 nitrogen and oxygen atoms in total. The SMILES string of the molecule is CN(C)C(=O)CC#CC(C)(C)C. The molecule has 0 aromatic rings. The summed E-state index contributed by atoms with van der Waals surface area (Å²) in [7, 11) is 3.47. The zero-order valence-electron chi connectivity index (χ0n) is 8.56. The first-order valence-electron chi connectivity index (χ1n) is 4.03. The molecule has 1 amide bonds. The van der Waals surface area contributed by atoms with Gasteiger partial charge in [0.2, 0.25) is 5.91 Å². The van der Waals surface area contributed by atoms with Crippen LogP contribution < -0.4 is 0 Å². The Morgan fingerprint density at radius 2 is 1.83 bits per heavy atom. The van der Waals surface area contributed by atoms with Gasteiger partial charge in [0.25, 0.3) is 0 Å². The second-order valence-corrected chi connectivity index (χ2v) is 4.02. The van der Waals surface area contributed by atoms with Gasteiger partial charge in [-0.25, -0.2) is 0 Å². The minimum Gasteiger partial charge on any atom is -0.348 e. The molecular weight excluding hydrogens is 150 g/mol. The molecule has 0 aromatic heterocycles. The van der Waals surface area contributed by atoms with Crippen LogP contribution in [0.5, 0.6) is 0 Å². The lowest BCUT2D eigenvalue weighted by molar-refractivity contribution is -0.127. The van der Waals surface area contributed by atoms with Gasteiger partial charge in [-0.3, -0.25) is 4.79 Å². The van der Waals surface area contributed by atoms with Gasteiger partial charge in [0.05, 0.1) is 6.42 Å². The summed E-state index contributed by atoms with van der Waals surface area (Å²) in [4.78, 5) is 12.6. The fraction of sp³-hybridized carbons (Fsp3) is 0.700. The van der Waals surface area contributed by atoms with E-state index < -0.39 is 0 Å². The molecule has 68 valence electrons. The molecule has 0 rings (SSSR count). The van der Waals surface area contributed by atoms with Gasteiger partial charge in [0.15, 0.2) is 0 Å². The summed E-state index contributed by atoms with van der Waals surface area (Å²) in [6.45, 7) is 6.08. The van der Waals surface area contributed by atoms with E-state index in [0.717, 1.165) is 0 Å². The van der Waals surface area contributed by atoms with Crippen LogP contribution in [-0.4, -0.2) is 24.9 Å². The highest BCUT2D eigenvalue weighted by Crippen LogP contribution is 2.09. The molecule has 0 aliphatic heterocycles. The fourth-order valence-corrected chi connectivity index (χ4v) is 0.543. The largest absolute Gasteiger partial charge is 0.348 e. The third-order valence-electron chi connectivity index (χ3n) is 1.20. The predicted octanol–water partition coefficient (Wildman–Crippen LogP) is 1.51. The zero-order chi connectivity index (χ0) is 9.78. The van der Waals surface area contributed by atoms with Gasteiger partial charge < -0.3 is 4.90 Å². The Morgan fingerprint density at radius 1 is 1.33 bits per heavy atom. The zero-order valence-corrected chi connectivity index (χ0v) is 8.56. The fourth-order valence-electron chi connectivity index (χ4n) is 0.543. The van der Waals surface area contributed by atoms with Crippen LogP contribution in [0, 0.1) is 17.3 Å². The van der Waals surface area contributed by atoms with Crippen molar-refractivity contribution < 1.29 is 4.79 Å². The molecule has 0 aromatic carbocycles. The Balaban J connectivity index is 3.96. The number of hydrogen-bond acceptors (Lipinski definition) is 1. The van der Waals surface area contributed by atoms with Gasteiger partial charge >= 0.3 is 0 Å². The van der Waals surface area contributed by atoms with Gasteiger partial charge in [0.1, 0.15) is 0 Å². The van der Waals surface area contributed by atoms with Crippen LogP contribution in [-0.2, 0) is 4.79 Å². The van der Waals surface area contributed by atoms with Crippen LogP contribution in [0.4, 0.5) is 0 Å². The molecule has 0 radical (unpaired) electrons. The van der Waals surface area contributed by atoms with E-state index >= 15 is 0 Å². The van der Waals surface area contributed by atoms with Crippen molar-refractivity contribution in [1.82, 2.24) is 4.90 Å². The van der Waals surface area contributed by atoms with Gasteiger partial charge in [-0.2, -0.15) is 0 Å². The van der Waals surface area contributed by atoms with Crippen molar-refractivity contribution in [2.45, 2.75) is 27.2 Å². The summed E-state index contributed by atoms with van der Waals surface area (Å²) in [5.41, 5.74) is -0.00735. The van der Waals surface area contributed by atoms with Crippen LogP contribution in [0.3, 0.4) is 0 Å². The third kappa shape index (κ3) is 5.79. The standard InChI is InChI=1S/C10H17NO/c1-10(2,3)8-6-7-9(12)11(4)5/h7H2,1-5H3. The van der Waals surface area contributed by atoms with E-state index in [1.54, 1.807) is 19.0 Å². The number of carbonyl (C=O) groups excluding carboxylic acids is 1. The maximum atomic E-state index is 11.1. The summed E-state index contributed by atoms with van der Waals surface area (Å²) in [5.74, 6) is 5.94. The normalized spacial score (nSPS) is 10.1. The van der Waals surface area contributed by atoms with E-state index in [0.29, 0.717) is 6.42 Å². The molecule has 0 fully saturated rings. The highest BCUT2D eigenvalue weighted by molar-refractivity contribution is 5.78. The average molecular weight is 167 g/mol. The van der Waals surface area contributed by atoms with Crippen molar-refractivity contribution in [3.05, 3.63) is 0 Å². The molecule has 0 aliphatic carbocycles. The Bertz CT molecular complexity index is 212. The first-order chi connectivity index (χ1) is 5.33. The summed E-state index contributed by atoms with van der Waals surface area (Å²) in [5, 5.41) is 0. The molecule has 0 atom stereocenters. The first-order valence-corrected chi connectivity index (χ1v) is 4.03. The highest BCUT2D eigenvalue weighted by atomic mass is 16.2. The number of rotatable bonds is 1. The van der Waals surface area contributed by atoms with Gasteiger partial charge in [0, 0.05) is 19.5 Å². The van der Waals surface area contributed by atoms with Gasteiger partial charge in [-0.05, 0) is 20.8 Å². The molecule has 0 N–H and O–H groups in total. The molecular formula is C10H17NO. The molecule has 0 saturated carbocycles. The Hall–Kier alpha value is -0.970. The minimum atomic E-state index is -0.00735. The lowest BCUT2D eigenvalue weighted by Gasteiger charge is -2.08. The van der Waals surface area contributed by atoms with E-state index in [2.05, 4.69) is 11.8 Å². The summed E-state index contributed by atoms with van der Waals surface area (Å²) < 4.78 is 0. The Morgan fingerprint density at radius 3 is 2.17 bits per heavy atom. The van der Waals surface area contributed by atoms with Crippen LogP contribution in [0.25, 0.3) is 0 Å². The van der Waals surface area contributed by atoms with Crippen molar-refractivity contribution in [1.29, 1.82) is 0 Å². The molecule has 0 saturated heterocycles. The smallest absolute Gasteiger partial charge is 0.234 e. The molecule has 0 spiro atoms. The summed E-state index contributed by atoms with van der Waals surface area (Å²) in [6, 6.07) is 0. The number of nitrogens with zero attached hydrogens (tertiary/aromatic N) is 1. The van der Waals surface area contributed by atoms with Crippen molar-refractivity contribution in [2.75, 3.05) is 14.1 Å². The molecule has 0 bridgehead atoms. The molecule has 0 unspecified atom stereocenters. The maximum Gasteiger partial charge on any atom is 0.234 e. The maximum absolute atomic E-state index is 11.1. The third-order valence-corrected chi connectivity index (χ3v) is 1.20. The van der Waals surface area contributed by atoms with Crippen LogP contribution >= 0.6 is 0 Å². The highest BCUT2D eigenvalue weighted by Gasteiger charge is 2.04. The number of amides is 1. The molecule has 12 heavy (non-hydrogen) atoms. The topological polar surface area (TPSA) is 20.3 Å². The van der Waals surface area contributed by atoms with E-state index in [4.69, 9.17) is 0 Å². The predicted molar refractivity (Wildman–Crippen MR) is 50.5 cm³/mol. The monoisotopic (exact) mass is 167 g/mol. The Kier molecular flexibility index (Phi) is 3.82. The number of hydrogen-bond donors (Lipinski definition) is 0. The van der Waals surface area contributed by atoms with E-state index in [9.17, 15) is 4.79 Å². The first kappa shape index (κ1) is 11.0. The molecule has 0 aliphatic rings. The molecule has 2 heteroatoms. The Labute approximate surface area is 74.9 Å². The van der Waals surface area contributed by atoms with E-state index in [1.165, 1.54) is 0 Å². The second-order valence-electron chi connectivity index (χ2n) is 4.02. The van der Waals surface area contributed by atoms with Gasteiger partial charge in [-0.1, -0.05) is 11.8 Å². The quantitative estimate of drug-likeness (QED) is 0.542. The second kappa shape index (κ2) is 4.15. The molecule has 0 heterocycles. The van der Waals surface area contributed by atoms with E-state index in [1.807, 2.05) is 20.8 Å². The van der Waals surface area contributed by atoms with Gasteiger partial charge in [-0.15, -0.1) is 0 Å². The minimum absolute atomic E-state index is 0.00735. The average Bonchev–Trinajstić information content (AvgIpc) is 1.84. The number of carbonyl (C=O) groups is 1. The van der Waals surface area contributed by atoms with Crippen molar-refractivity contribution >= 4 is 5.91 Å². The van der Waals surface area contributed by atoms with Crippen LogP contribution in [0.15, 0.2) is 0 Å². The summed E-state index contributed by atoms with van der Waals surface area (Å²) in [6.07, 6.45) is 0.324. The van der Waals surface area contributed by atoms with Crippen molar-refractivity contribution in [3.63, 3.8) is 0 Å².